The summed E-state index contributed by atoms with van der Waals surface area (Å²) in [5.41, 5.74) is 4.43. The van der Waals surface area contributed by atoms with Gasteiger partial charge in [-0.05, 0) is 53.9 Å². The molecule has 0 fully saturated rings. The zero-order valence-corrected chi connectivity index (χ0v) is 16.8. The minimum atomic E-state index is 0.569. The molecule has 2 heterocycles. The maximum atomic E-state index is 6.02. The summed E-state index contributed by atoms with van der Waals surface area (Å²) in [6, 6.07) is 18.3. The van der Waals surface area contributed by atoms with Crippen LogP contribution < -0.4 is 9.64 Å². The number of anilines is 1. The Balaban J connectivity index is 1.37. The summed E-state index contributed by atoms with van der Waals surface area (Å²) >= 11 is 0. The smallest absolute Gasteiger partial charge is 0.163 e. The van der Waals surface area contributed by atoms with Crippen LogP contribution in [0.3, 0.4) is 0 Å². The number of likely N-dealkylation sites (N-methyl/N-ethyl adjacent to an activating group) is 1. The first kappa shape index (κ1) is 18.3. The Kier molecular flexibility index (Phi) is 4.85. The van der Waals surface area contributed by atoms with Gasteiger partial charge >= 0.3 is 0 Å². The molecule has 0 aliphatic heterocycles. The van der Waals surface area contributed by atoms with Crippen LogP contribution in [0.4, 0.5) is 5.82 Å². The van der Waals surface area contributed by atoms with E-state index < -0.39 is 0 Å². The van der Waals surface area contributed by atoms with Gasteiger partial charge in [0.25, 0.3) is 0 Å². The molecule has 2 aromatic heterocycles. The Morgan fingerprint density at radius 2 is 1.97 bits per heavy atom. The van der Waals surface area contributed by atoms with Crippen LogP contribution in [-0.2, 0) is 6.42 Å². The maximum Gasteiger partial charge on any atom is 0.163 e. The van der Waals surface area contributed by atoms with Gasteiger partial charge in [0.15, 0.2) is 5.82 Å². The minimum Gasteiger partial charge on any atom is -0.492 e. The number of ether oxygens (including phenoxy) is 1. The predicted octanol–water partition coefficient (Wildman–Crippen LogP) is 4.78. The van der Waals surface area contributed by atoms with E-state index in [2.05, 4.69) is 40.2 Å². The van der Waals surface area contributed by atoms with Crippen LogP contribution >= 0.6 is 0 Å². The lowest BCUT2D eigenvalue weighted by Gasteiger charge is -2.21. The highest BCUT2D eigenvalue weighted by atomic mass is 16.5. The number of pyridine rings is 1. The molecule has 148 valence electrons. The second-order valence-electron chi connectivity index (χ2n) is 7.37. The molecule has 2 aromatic carbocycles. The van der Waals surface area contributed by atoms with Crippen LogP contribution in [-0.4, -0.2) is 35.2 Å². The third kappa shape index (κ3) is 3.62. The van der Waals surface area contributed by atoms with Crippen molar-refractivity contribution in [3.8, 4) is 17.1 Å². The Morgan fingerprint density at radius 1 is 1.03 bits per heavy atom. The number of allylic oxidation sites excluding steroid dienone is 1. The Morgan fingerprint density at radius 3 is 2.87 bits per heavy atom. The molecule has 1 aliphatic rings. The number of benzene rings is 2. The fourth-order valence-corrected chi connectivity index (χ4v) is 3.70. The number of hydrogen-bond acceptors (Lipinski definition) is 5. The number of rotatable bonds is 6. The summed E-state index contributed by atoms with van der Waals surface area (Å²) in [5.74, 6) is 2.47. The molecule has 1 aliphatic carbocycles. The minimum absolute atomic E-state index is 0.569. The summed E-state index contributed by atoms with van der Waals surface area (Å²) < 4.78 is 6.02. The third-order valence-corrected chi connectivity index (χ3v) is 5.31. The summed E-state index contributed by atoms with van der Waals surface area (Å²) in [4.78, 5) is 15.9. The van der Waals surface area contributed by atoms with Gasteiger partial charge in [0.2, 0.25) is 0 Å². The lowest BCUT2D eigenvalue weighted by Crippen LogP contribution is -2.25. The third-order valence-electron chi connectivity index (χ3n) is 5.31. The molecule has 0 atom stereocenters. The van der Waals surface area contributed by atoms with Crippen molar-refractivity contribution >= 4 is 22.8 Å². The molecule has 0 saturated heterocycles. The van der Waals surface area contributed by atoms with Crippen molar-refractivity contribution in [3.63, 3.8) is 0 Å². The van der Waals surface area contributed by atoms with E-state index in [4.69, 9.17) is 14.7 Å². The average molecular weight is 394 g/mol. The van der Waals surface area contributed by atoms with Gasteiger partial charge in [0.05, 0.1) is 12.1 Å². The molecule has 0 spiro atoms. The molecule has 5 nitrogen and oxygen atoms in total. The molecule has 0 amide bonds. The van der Waals surface area contributed by atoms with Crippen LogP contribution in [0.5, 0.6) is 5.75 Å². The molecule has 30 heavy (non-hydrogen) atoms. The first-order valence-electron chi connectivity index (χ1n) is 10.1. The van der Waals surface area contributed by atoms with Crippen LogP contribution in [0.2, 0.25) is 0 Å². The maximum absolute atomic E-state index is 6.02. The van der Waals surface area contributed by atoms with E-state index in [-0.39, 0.29) is 0 Å². The van der Waals surface area contributed by atoms with Gasteiger partial charge in [0.1, 0.15) is 18.2 Å². The van der Waals surface area contributed by atoms with E-state index >= 15 is 0 Å². The quantitative estimate of drug-likeness (QED) is 0.471. The SMILES string of the molecule is CN(CCOc1ccc2c(c1)C=CC2)c1nc(-c2cccnc2)nc2ccccc12. The number of hydrogen-bond donors (Lipinski definition) is 0. The lowest BCUT2D eigenvalue weighted by atomic mass is 10.1. The number of fused-ring (bicyclic) bond motifs is 2. The molecule has 0 saturated carbocycles. The van der Waals surface area contributed by atoms with Crippen molar-refractivity contribution in [3.05, 3.63) is 84.2 Å². The molecule has 4 aromatic rings. The summed E-state index contributed by atoms with van der Waals surface area (Å²) in [6.07, 6.45) is 8.89. The van der Waals surface area contributed by atoms with Crippen molar-refractivity contribution in [2.45, 2.75) is 6.42 Å². The highest BCUT2D eigenvalue weighted by Crippen LogP contribution is 2.27. The van der Waals surface area contributed by atoms with Crippen molar-refractivity contribution < 1.29 is 4.74 Å². The van der Waals surface area contributed by atoms with Gasteiger partial charge in [-0.3, -0.25) is 4.98 Å². The molecule has 0 bridgehead atoms. The molecule has 5 heteroatoms. The standard InChI is InChI=1S/C25H22N4O/c1-29(14-15-30-21-12-11-18-6-4-7-19(18)16-21)25-22-9-2-3-10-23(22)27-24(28-25)20-8-5-13-26-17-20/h2-5,7-13,16-17H,6,14-15H2,1H3. The monoisotopic (exact) mass is 394 g/mol. The van der Waals surface area contributed by atoms with E-state index in [1.807, 2.05) is 43.4 Å². The highest BCUT2D eigenvalue weighted by Gasteiger charge is 2.13. The lowest BCUT2D eigenvalue weighted by molar-refractivity contribution is 0.325. The zero-order valence-electron chi connectivity index (χ0n) is 16.8. The molecule has 0 unspecified atom stereocenters. The van der Waals surface area contributed by atoms with E-state index in [1.165, 1.54) is 11.1 Å². The van der Waals surface area contributed by atoms with Crippen LogP contribution in [0.25, 0.3) is 28.4 Å². The highest BCUT2D eigenvalue weighted by molar-refractivity contribution is 5.90. The molecule has 0 N–H and O–H groups in total. The zero-order chi connectivity index (χ0) is 20.3. The van der Waals surface area contributed by atoms with Gasteiger partial charge < -0.3 is 9.64 Å². The second kappa shape index (κ2) is 7.95. The largest absolute Gasteiger partial charge is 0.492 e. The Bertz CT molecular complexity index is 1220. The summed E-state index contributed by atoms with van der Waals surface area (Å²) in [7, 11) is 2.04. The van der Waals surface area contributed by atoms with Gasteiger partial charge in [-0.15, -0.1) is 0 Å². The fraction of sp³-hybridized carbons (Fsp3) is 0.160. The Hall–Kier alpha value is -3.73. The van der Waals surface area contributed by atoms with Crippen molar-refractivity contribution in [2.24, 2.45) is 0 Å². The van der Waals surface area contributed by atoms with E-state index in [0.717, 1.165) is 34.5 Å². The van der Waals surface area contributed by atoms with Gasteiger partial charge in [0, 0.05) is 30.4 Å². The summed E-state index contributed by atoms with van der Waals surface area (Å²) in [6.45, 7) is 1.28. The first-order chi connectivity index (χ1) is 14.8. The van der Waals surface area contributed by atoms with Crippen molar-refractivity contribution in [1.82, 2.24) is 15.0 Å². The number of aromatic nitrogens is 3. The van der Waals surface area contributed by atoms with E-state index in [1.54, 1.807) is 12.4 Å². The van der Waals surface area contributed by atoms with Gasteiger partial charge in [-0.25, -0.2) is 9.97 Å². The fourth-order valence-electron chi connectivity index (χ4n) is 3.70. The first-order valence-corrected chi connectivity index (χ1v) is 10.1. The number of para-hydroxylation sites is 1. The van der Waals surface area contributed by atoms with Crippen LogP contribution in [0, 0.1) is 0 Å². The topological polar surface area (TPSA) is 51.1 Å². The molecule has 0 radical (unpaired) electrons. The van der Waals surface area contributed by atoms with Crippen molar-refractivity contribution in [2.75, 3.05) is 25.1 Å². The average Bonchev–Trinajstić information content (AvgIpc) is 3.27. The van der Waals surface area contributed by atoms with Gasteiger partial charge in [-0.2, -0.15) is 0 Å². The van der Waals surface area contributed by atoms with E-state index in [0.29, 0.717) is 19.0 Å². The predicted molar refractivity (Wildman–Crippen MR) is 121 cm³/mol. The van der Waals surface area contributed by atoms with Crippen LogP contribution in [0.1, 0.15) is 11.1 Å². The number of nitrogens with zero attached hydrogens (tertiary/aromatic N) is 4. The second-order valence-corrected chi connectivity index (χ2v) is 7.37. The van der Waals surface area contributed by atoms with Crippen molar-refractivity contribution in [1.29, 1.82) is 0 Å². The van der Waals surface area contributed by atoms with Gasteiger partial charge in [-0.1, -0.05) is 30.4 Å². The van der Waals surface area contributed by atoms with E-state index in [9.17, 15) is 0 Å². The normalized spacial score (nSPS) is 12.2. The molecular weight excluding hydrogens is 372 g/mol. The molecule has 5 rings (SSSR count). The Labute approximate surface area is 175 Å². The summed E-state index contributed by atoms with van der Waals surface area (Å²) in [5, 5.41) is 1.02. The molecular formula is C25H22N4O. The van der Waals surface area contributed by atoms with Crippen LogP contribution in [0.15, 0.2) is 73.1 Å².